The summed E-state index contributed by atoms with van der Waals surface area (Å²) >= 11 is 0. The molecule has 26 heavy (non-hydrogen) atoms. The highest BCUT2D eigenvalue weighted by Crippen LogP contribution is 2.32. The Labute approximate surface area is 152 Å². The second kappa shape index (κ2) is 7.25. The van der Waals surface area contributed by atoms with Crippen molar-refractivity contribution in [3.05, 3.63) is 52.1 Å². The zero-order chi connectivity index (χ0) is 18.8. The van der Waals surface area contributed by atoms with Crippen molar-refractivity contribution >= 4 is 17.2 Å². The molecule has 0 bridgehead atoms. The van der Waals surface area contributed by atoms with Gasteiger partial charge < -0.3 is 14.4 Å². The van der Waals surface area contributed by atoms with Crippen molar-refractivity contribution in [2.24, 2.45) is 7.05 Å². The van der Waals surface area contributed by atoms with E-state index in [4.69, 9.17) is 0 Å². The third-order valence-corrected chi connectivity index (χ3v) is 4.93. The Balaban J connectivity index is 1.94. The lowest BCUT2D eigenvalue weighted by Crippen LogP contribution is -2.45. The van der Waals surface area contributed by atoms with Gasteiger partial charge in [-0.3, -0.25) is 14.9 Å². The first-order valence-corrected chi connectivity index (χ1v) is 8.60. The van der Waals surface area contributed by atoms with Crippen LogP contribution >= 0.6 is 0 Å². The van der Waals surface area contributed by atoms with Crippen LogP contribution in [0, 0.1) is 10.1 Å². The maximum atomic E-state index is 12.6. The van der Waals surface area contributed by atoms with Gasteiger partial charge in [0.05, 0.1) is 4.92 Å². The Morgan fingerprint density at radius 1 is 1.38 bits per heavy atom. The van der Waals surface area contributed by atoms with Crippen LogP contribution in [0.25, 0.3) is 0 Å². The van der Waals surface area contributed by atoms with Crippen molar-refractivity contribution in [1.82, 2.24) is 14.5 Å². The molecule has 0 N–H and O–H groups in total. The number of hydrogen-bond acceptors (Lipinski definition) is 6. The van der Waals surface area contributed by atoms with Crippen molar-refractivity contribution in [1.29, 1.82) is 0 Å². The van der Waals surface area contributed by atoms with Gasteiger partial charge in [0, 0.05) is 50.2 Å². The number of carbonyl (C=O) groups excluding carboxylic acids is 1. The van der Waals surface area contributed by atoms with Gasteiger partial charge in [-0.25, -0.2) is 4.98 Å². The van der Waals surface area contributed by atoms with Crippen molar-refractivity contribution < 1.29 is 9.72 Å². The number of imidazole rings is 1. The normalized spacial score (nSPS) is 17.5. The topological polar surface area (TPSA) is 84.5 Å². The van der Waals surface area contributed by atoms with Crippen LogP contribution in [0.3, 0.4) is 0 Å². The summed E-state index contributed by atoms with van der Waals surface area (Å²) in [4.78, 5) is 32.1. The molecule has 0 amide bonds. The van der Waals surface area contributed by atoms with Crippen molar-refractivity contribution in [2.75, 3.05) is 32.1 Å². The smallest absolute Gasteiger partial charge is 0.293 e. The molecule has 2 aromatic rings. The minimum Gasteiger partial charge on any atom is -0.364 e. The number of anilines is 1. The predicted octanol–water partition coefficient (Wildman–Crippen LogP) is 2.09. The van der Waals surface area contributed by atoms with E-state index < -0.39 is 4.92 Å². The Hall–Kier alpha value is -2.74. The molecular formula is C18H23N5O3. The van der Waals surface area contributed by atoms with E-state index in [9.17, 15) is 14.9 Å². The number of aryl methyl sites for hydroxylation is 1. The fraction of sp³-hybridized carbons (Fsp3) is 0.444. The number of ketones is 1. The summed E-state index contributed by atoms with van der Waals surface area (Å²) in [5.41, 5.74) is 0.804. The van der Waals surface area contributed by atoms with Crippen LogP contribution < -0.4 is 4.90 Å². The van der Waals surface area contributed by atoms with Crippen LogP contribution in [0.4, 0.5) is 11.4 Å². The SMILES string of the molecule is CN(C)C1CCCN(c2ccc(C(=O)c3nccn3C)cc2[N+](=O)[O-])C1. The third kappa shape index (κ3) is 3.45. The molecule has 1 aliphatic rings. The molecule has 138 valence electrons. The predicted molar refractivity (Wildman–Crippen MR) is 98.7 cm³/mol. The first-order valence-electron chi connectivity index (χ1n) is 8.60. The van der Waals surface area contributed by atoms with Crippen LogP contribution in [0.15, 0.2) is 30.6 Å². The number of nitro benzene ring substituents is 1. The van der Waals surface area contributed by atoms with E-state index in [1.54, 1.807) is 29.9 Å². The van der Waals surface area contributed by atoms with Crippen LogP contribution in [-0.2, 0) is 7.05 Å². The largest absolute Gasteiger partial charge is 0.364 e. The fourth-order valence-electron chi connectivity index (χ4n) is 3.39. The summed E-state index contributed by atoms with van der Waals surface area (Å²) in [6, 6.07) is 5.06. The number of rotatable bonds is 5. The number of carbonyl (C=O) groups is 1. The zero-order valence-corrected chi connectivity index (χ0v) is 15.3. The summed E-state index contributed by atoms with van der Waals surface area (Å²) in [5.74, 6) is -0.0605. The number of nitrogens with zero attached hydrogens (tertiary/aromatic N) is 5. The van der Waals surface area contributed by atoms with Crippen molar-refractivity contribution in [3.63, 3.8) is 0 Å². The Morgan fingerprint density at radius 2 is 2.15 bits per heavy atom. The number of nitro groups is 1. The minimum atomic E-state index is -0.413. The second-order valence-electron chi connectivity index (χ2n) is 6.86. The van der Waals surface area contributed by atoms with E-state index >= 15 is 0 Å². The molecule has 1 atom stereocenters. The minimum absolute atomic E-state index is 0.0375. The highest BCUT2D eigenvalue weighted by Gasteiger charge is 2.28. The first-order chi connectivity index (χ1) is 12.4. The van der Waals surface area contributed by atoms with Crippen LogP contribution in [0.1, 0.15) is 29.0 Å². The van der Waals surface area contributed by atoms with Gasteiger partial charge in [0.2, 0.25) is 5.78 Å². The maximum absolute atomic E-state index is 12.6. The van der Waals surface area contributed by atoms with Gasteiger partial charge in [0.1, 0.15) is 5.69 Å². The number of benzene rings is 1. The first kappa shape index (κ1) is 18.1. The lowest BCUT2D eigenvalue weighted by molar-refractivity contribution is -0.384. The molecule has 0 aliphatic carbocycles. The molecule has 2 heterocycles. The molecule has 3 rings (SSSR count). The van der Waals surface area contributed by atoms with E-state index in [0.717, 1.165) is 25.9 Å². The summed E-state index contributed by atoms with van der Waals surface area (Å²) in [7, 11) is 5.77. The van der Waals surface area contributed by atoms with Gasteiger partial charge in [0.15, 0.2) is 5.82 Å². The molecule has 8 nitrogen and oxygen atoms in total. The summed E-state index contributed by atoms with van der Waals surface area (Å²) < 4.78 is 1.61. The second-order valence-corrected chi connectivity index (χ2v) is 6.86. The fourth-order valence-corrected chi connectivity index (χ4v) is 3.39. The monoisotopic (exact) mass is 357 g/mol. The van der Waals surface area contributed by atoms with Gasteiger partial charge >= 0.3 is 0 Å². The average molecular weight is 357 g/mol. The quantitative estimate of drug-likeness (QED) is 0.463. The molecule has 1 unspecified atom stereocenters. The number of hydrogen-bond donors (Lipinski definition) is 0. The molecule has 1 aromatic carbocycles. The number of aromatic nitrogens is 2. The van der Waals surface area contributed by atoms with E-state index in [1.807, 2.05) is 19.0 Å². The lowest BCUT2D eigenvalue weighted by Gasteiger charge is -2.37. The number of piperidine rings is 1. The lowest BCUT2D eigenvalue weighted by atomic mass is 10.0. The highest BCUT2D eigenvalue weighted by atomic mass is 16.6. The van der Waals surface area contributed by atoms with E-state index in [-0.39, 0.29) is 22.9 Å². The molecule has 1 saturated heterocycles. The molecule has 1 aromatic heterocycles. The van der Waals surface area contributed by atoms with Gasteiger partial charge in [-0.15, -0.1) is 0 Å². The average Bonchev–Trinajstić information content (AvgIpc) is 3.06. The Bertz CT molecular complexity index is 830. The van der Waals surface area contributed by atoms with Gasteiger partial charge in [-0.2, -0.15) is 0 Å². The molecule has 0 radical (unpaired) electrons. The van der Waals surface area contributed by atoms with E-state index in [0.29, 0.717) is 11.7 Å². The summed E-state index contributed by atoms with van der Waals surface area (Å²) in [5, 5.41) is 11.6. The standard InChI is InChI=1S/C18H23N5O3/c1-20(2)14-5-4-9-22(12-14)15-7-6-13(11-16(15)23(25)26)17(24)18-19-8-10-21(18)3/h6-8,10-11,14H,4-5,9,12H2,1-3H3. The van der Waals surface area contributed by atoms with Crippen LogP contribution in [0.5, 0.6) is 0 Å². The zero-order valence-electron chi connectivity index (χ0n) is 15.3. The van der Waals surface area contributed by atoms with Gasteiger partial charge in [0.25, 0.3) is 5.69 Å². The van der Waals surface area contributed by atoms with Crippen molar-refractivity contribution in [2.45, 2.75) is 18.9 Å². The Morgan fingerprint density at radius 3 is 2.77 bits per heavy atom. The highest BCUT2D eigenvalue weighted by molar-refractivity contribution is 6.07. The molecule has 0 spiro atoms. The molecular weight excluding hydrogens is 334 g/mol. The van der Waals surface area contributed by atoms with Crippen LogP contribution in [-0.4, -0.2) is 58.4 Å². The van der Waals surface area contributed by atoms with E-state index in [1.165, 1.54) is 12.3 Å². The summed E-state index contributed by atoms with van der Waals surface area (Å²) in [6.07, 6.45) is 5.26. The molecule has 1 fully saturated rings. The van der Waals surface area contributed by atoms with Crippen molar-refractivity contribution in [3.8, 4) is 0 Å². The van der Waals surface area contributed by atoms with Gasteiger partial charge in [-0.05, 0) is 39.1 Å². The maximum Gasteiger partial charge on any atom is 0.293 e. The van der Waals surface area contributed by atoms with Gasteiger partial charge in [-0.1, -0.05) is 0 Å². The van der Waals surface area contributed by atoms with Crippen LogP contribution in [0.2, 0.25) is 0 Å². The molecule has 1 aliphatic heterocycles. The van der Waals surface area contributed by atoms with E-state index in [2.05, 4.69) is 9.88 Å². The Kier molecular flexibility index (Phi) is 5.03. The summed E-state index contributed by atoms with van der Waals surface area (Å²) in [6.45, 7) is 1.51. The molecule has 8 heteroatoms. The number of likely N-dealkylation sites (N-methyl/N-ethyl adjacent to an activating group) is 1. The third-order valence-electron chi connectivity index (χ3n) is 4.93. The molecule has 0 saturated carbocycles.